The highest BCUT2D eigenvalue weighted by atomic mass is 16.2. The molecule has 1 heterocycles. The molecular weight excluding hydrogens is 254 g/mol. The molecule has 1 aliphatic heterocycles. The molecule has 2 rings (SSSR count). The Labute approximate surface area is 119 Å². The molecule has 2 amide bonds. The summed E-state index contributed by atoms with van der Waals surface area (Å²) in [7, 11) is 0. The lowest BCUT2D eigenvalue weighted by molar-refractivity contribution is -0.136. The maximum absolute atomic E-state index is 12.2. The molecule has 0 unspecified atom stereocenters. The zero-order valence-electron chi connectivity index (χ0n) is 11.8. The zero-order chi connectivity index (χ0) is 14.4. The first-order chi connectivity index (χ1) is 9.70. The van der Waals surface area contributed by atoms with Gasteiger partial charge in [-0.2, -0.15) is 5.26 Å². The third-order valence-corrected chi connectivity index (χ3v) is 4.00. The van der Waals surface area contributed by atoms with Crippen LogP contribution in [-0.4, -0.2) is 47.8 Å². The van der Waals surface area contributed by atoms with Crippen molar-refractivity contribution in [2.45, 2.75) is 38.5 Å². The Morgan fingerprint density at radius 2 is 1.65 bits per heavy atom. The first-order valence-electron chi connectivity index (χ1n) is 7.34. The standard InChI is InChI=1S/C15H21N3O2/c16-7-6-14(19)17-8-10-18(11-9-17)15(20)12-13-4-2-1-3-5-13/h12H,1-6,8-11H2. The minimum Gasteiger partial charge on any atom is -0.338 e. The van der Waals surface area contributed by atoms with Crippen LogP contribution in [0.3, 0.4) is 0 Å². The van der Waals surface area contributed by atoms with Gasteiger partial charge in [-0.3, -0.25) is 9.59 Å². The lowest BCUT2D eigenvalue weighted by atomic mass is 9.94. The topological polar surface area (TPSA) is 64.4 Å². The molecule has 0 radical (unpaired) electrons. The third kappa shape index (κ3) is 3.83. The zero-order valence-corrected chi connectivity index (χ0v) is 11.8. The minimum atomic E-state index is -0.134. The normalized spacial score (nSPS) is 19.4. The maximum Gasteiger partial charge on any atom is 0.246 e. The van der Waals surface area contributed by atoms with Gasteiger partial charge in [0.25, 0.3) is 0 Å². The number of hydrogen-bond acceptors (Lipinski definition) is 3. The van der Waals surface area contributed by atoms with Gasteiger partial charge in [-0.05, 0) is 25.7 Å². The number of carbonyl (C=O) groups excluding carboxylic acids is 2. The summed E-state index contributed by atoms with van der Waals surface area (Å²) in [5, 5.41) is 8.52. The molecule has 2 fully saturated rings. The van der Waals surface area contributed by atoms with Crippen molar-refractivity contribution in [1.82, 2.24) is 9.80 Å². The number of piperazine rings is 1. The molecule has 0 aromatic heterocycles. The fourth-order valence-corrected chi connectivity index (χ4v) is 2.77. The van der Waals surface area contributed by atoms with Gasteiger partial charge in [-0.1, -0.05) is 12.0 Å². The van der Waals surface area contributed by atoms with Gasteiger partial charge in [0.2, 0.25) is 11.8 Å². The van der Waals surface area contributed by atoms with Crippen LogP contribution in [0.4, 0.5) is 0 Å². The molecule has 0 N–H and O–H groups in total. The van der Waals surface area contributed by atoms with Crippen LogP contribution in [0, 0.1) is 11.3 Å². The van der Waals surface area contributed by atoms with Gasteiger partial charge in [0.05, 0.1) is 6.07 Å². The van der Waals surface area contributed by atoms with E-state index in [4.69, 9.17) is 5.26 Å². The Hall–Kier alpha value is -1.83. The number of amides is 2. The van der Waals surface area contributed by atoms with Crippen molar-refractivity contribution in [3.63, 3.8) is 0 Å². The van der Waals surface area contributed by atoms with E-state index in [0.29, 0.717) is 26.2 Å². The molecule has 5 heteroatoms. The summed E-state index contributed by atoms with van der Waals surface area (Å²) in [6.07, 6.45) is 7.47. The van der Waals surface area contributed by atoms with E-state index < -0.39 is 0 Å². The average Bonchev–Trinajstić information content (AvgIpc) is 2.48. The summed E-state index contributed by atoms with van der Waals surface area (Å²) < 4.78 is 0. The maximum atomic E-state index is 12.2. The van der Waals surface area contributed by atoms with Gasteiger partial charge in [-0.25, -0.2) is 0 Å². The summed E-state index contributed by atoms with van der Waals surface area (Å²) in [5.41, 5.74) is 1.27. The molecule has 5 nitrogen and oxygen atoms in total. The van der Waals surface area contributed by atoms with E-state index in [-0.39, 0.29) is 18.2 Å². The molecule has 0 atom stereocenters. The van der Waals surface area contributed by atoms with E-state index in [1.54, 1.807) is 15.9 Å². The van der Waals surface area contributed by atoms with Crippen molar-refractivity contribution >= 4 is 11.8 Å². The molecule has 1 saturated heterocycles. The Kier molecular flexibility index (Phi) is 5.16. The highest BCUT2D eigenvalue weighted by Gasteiger charge is 2.23. The highest BCUT2D eigenvalue weighted by Crippen LogP contribution is 2.22. The van der Waals surface area contributed by atoms with E-state index in [2.05, 4.69) is 0 Å². The summed E-state index contributed by atoms with van der Waals surface area (Å²) >= 11 is 0. The van der Waals surface area contributed by atoms with Crippen LogP contribution in [0.1, 0.15) is 38.5 Å². The van der Waals surface area contributed by atoms with Crippen LogP contribution >= 0.6 is 0 Å². The molecule has 0 spiro atoms. The molecule has 1 aliphatic carbocycles. The lowest BCUT2D eigenvalue weighted by Crippen LogP contribution is -2.50. The number of nitriles is 1. The predicted molar refractivity (Wildman–Crippen MR) is 74.6 cm³/mol. The summed E-state index contributed by atoms with van der Waals surface area (Å²) in [5.74, 6) is -0.0560. The first kappa shape index (κ1) is 14.6. The number of allylic oxidation sites excluding steroid dienone is 1. The van der Waals surface area contributed by atoms with Gasteiger partial charge < -0.3 is 9.80 Å². The quantitative estimate of drug-likeness (QED) is 0.717. The second kappa shape index (κ2) is 7.09. The van der Waals surface area contributed by atoms with Gasteiger partial charge in [0.1, 0.15) is 6.42 Å². The monoisotopic (exact) mass is 275 g/mol. The predicted octanol–water partition coefficient (Wildman–Crippen LogP) is 1.46. The van der Waals surface area contributed by atoms with Crippen molar-refractivity contribution < 1.29 is 9.59 Å². The molecule has 2 aliphatic rings. The number of carbonyl (C=O) groups is 2. The fraction of sp³-hybridized carbons (Fsp3) is 0.667. The number of hydrogen-bond donors (Lipinski definition) is 0. The SMILES string of the molecule is N#CCC(=O)N1CCN(C(=O)C=C2CCCCC2)CC1. The van der Waals surface area contributed by atoms with E-state index in [0.717, 1.165) is 12.8 Å². The third-order valence-electron chi connectivity index (χ3n) is 4.00. The smallest absolute Gasteiger partial charge is 0.246 e. The molecule has 1 saturated carbocycles. The van der Waals surface area contributed by atoms with Crippen LogP contribution in [0.15, 0.2) is 11.6 Å². The van der Waals surface area contributed by atoms with Crippen molar-refractivity contribution in [3.05, 3.63) is 11.6 Å². The molecular formula is C15H21N3O2. The average molecular weight is 275 g/mol. The Bertz CT molecular complexity index is 435. The van der Waals surface area contributed by atoms with Crippen molar-refractivity contribution in [3.8, 4) is 6.07 Å². The highest BCUT2D eigenvalue weighted by molar-refractivity contribution is 5.88. The largest absolute Gasteiger partial charge is 0.338 e. The second-order valence-corrected chi connectivity index (χ2v) is 5.40. The minimum absolute atomic E-state index is 0.0714. The van der Waals surface area contributed by atoms with Gasteiger partial charge in [0.15, 0.2) is 0 Å². The van der Waals surface area contributed by atoms with Crippen molar-refractivity contribution in [2.24, 2.45) is 0 Å². The molecule has 0 bridgehead atoms. The first-order valence-corrected chi connectivity index (χ1v) is 7.34. The summed E-state index contributed by atoms with van der Waals surface area (Å²) in [4.78, 5) is 27.2. The van der Waals surface area contributed by atoms with Crippen LogP contribution in [0.5, 0.6) is 0 Å². The van der Waals surface area contributed by atoms with Crippen LogP contribution in [0.25, 0.3) is 0 Å². The summed E-state index contributed by atoms with van der Waals surface area (Å²) in [6.45, 7) is 2.21. The second-order valence-electron chi connectivity index (χ2n) is 5.40. The molecule has 108 valence electrons. The molecule has 20 heavy (non-hydrogen) atoms. The Morgan fingerprint density at radius 1 is 1.05 bits per heavy atom. The van der Waals surface area contributed by atoms with E-state index in [9.17, 15) is 9.59 Å². The molecule has 0 aromatic rings. The molecule has 0 aromatic carbocycles. The fourth-order valence-electron chi connectivity index (χ4n) is 2.77. The lowest BCUT2D eigenvalue weighted by Gasteiger charge is -2.34. The van der Waals surface area contributed by atoms with Gasteiger partial charge >= 0.3 is 0 Å². The number of nitrogens with zero attached hydrogens (tertiary/aromatic N) is 3. The Balaban J connectivity index is 1.82. The van der Waals surface area contributed by atoms with Crippen molar-refractivity contribution in [2.75, 3.05) is 26.2 Å². The van der Waals surface area contributed by atoms with Gasteiger partial charge in [-0.15, -0.1) is 0 Å². The van der Waals surface area contributed by atoms with Gasteiger partial charge in [0, 0.05) is 32.3 Å². The van der Waals surface area contributed by atoms with Crippen LogP contribution < -0.4 is 0 Å². The van der Waals surface area contributed by atoms with E-state index in [1.807, 2.05) is 6.07 Å². The van der Waals surface area contributed by atoms with E-state index >= 15 is 0 Å². The Morgan fingerprint density at radius 3 is 2.25 bits per heavy atom. The van der Waals surface area contributed by atoms with E-state index in [1.165, 1.54) is 24.8 Å². The van der Waals surface area contributed by atoms with Crippen LogP contribution in [0.2, 0.25) is 0 Å². The van der Waals surface area contributed by atoms with Crippen LogP contribution in [-0.2, 0) is 9.59 Å². The summed E-state index contributed by atoms with van der Waals surface area (Å²) in [6, 6.07) is 1.87. The number of rotatable bonds is 2. The van der Waals surface area contributed by atoms with Crippen molar-refractivity contribution in [1.29, 1.82) is 5.26 Å².